The number of carbonyl (C=O) groups excluding carboxylic acids is 1. The van der Waals surface area contributed by atoms with Crippen molar-refractivity contribution in [2.24, 2.45) is 0 Å². The normalized spacial score (nSPS) is 11.5. The lowest BCUT2D eigenvalue weighted by Crippen LogP contribution is -2.09. The smallest absolute Gasteiger partial charge is 0.248 e. The molecule has 1 heterocycles. The van der Waals surface area contributed by atoms with Crippen LogP contribution in [0.5, 0.6) is 11.5 Å². The average Bonchev–Trinajstić information content (AvgIpc) is 3.26. The van der Waals surface area contributed by atoms with E-state index in [0.717, 1.165) is 44.0 Å². The van der Waals surface area contributed by atoms with Gasteiger partial charge < -0.3 is 19.2 Å². The van der Waals surface area contributed by atoms with E-state index >= 15 is 0 Å². The molecule has 0 aliphatic heterocycles. The van der Waals surface area contributed by atoms with Gasteiger partial charge in [-0.05, 0) is 54.6 Å². The quantitative estimate of drug-likeness (QED) is 0.241. The third kappa shape index (κ3) is 4.76. The number of ether oxygens (including phenoxy) is 2. The molecule has 0 saturated heterocycles. The first-order valence-electron chi connectivity index (χ1n) is 10.4. The van der Waals surface area contributed by atoms with Crippen LogP contribution >= 0.6 is 11.8 Å². The van der Waals surface area contributed by atoms with Crippen molar-refractivity contribution in [3.05, 3.63) is 78.6 Å². The Morgan fingerprint density at radius 3 is 2.61 bits per heavy atom. The van der Waals surface area contributed by atoms with Crippen LogP contribution in [0.4, 0.5) is 5.69 Å². The van der Waals surface area contributed by atoms with E-state index in [-0.39, 0.29) is 5.91 Å². The van der Waals surface area contributed by atoms with Crippen LogP contribution in [0.1, 0.15) is 12.5 Å². The lowest BCUT2D eigenvalue weighted by atomic mass is 9.99. The second-order valence-corrected chi connectivity index (χ2v) is 8.29. The summed E-state index contributed by atoms with van der Waals surface area (Å²) in [6.07, 6.45) is 5.30. The van der Waals surface area contributed by atoms with Gasteiger partial charge in [0.1, 0.15) is 17.1 Å². The van der Waals surface area contributed by atoms with Crippen LogP contribution in [-0.2, 0) is 4.79 Å². The highest BCUT2D eigenvalue weighted by Crippen LogP contribution is 2.38. The van der Waals surface area contributed by atoms with Gasteiger partial charge in [-0.15, -0.1) is 11.8 Å². The summed E-state index contributed by atoms with van der Waals surface area (Å²) in [5.41, 5.74) is 5.03. The van der Waals surface area contributed by atoms with Crippen LogP contribution in [-0.4, -0.2) is 26.4 Å². The summed E-state index contributed by atoms with van der Waals surface area (Å²) in [6.45, 7) is 1.90. The van der Waals surface area contributed by atoms with Gasteiger partial charge in [-0.1, -0.05) is 24.3 Å². The number of fused-ring (bicyclic) bond motifs is 1. The maximum Gasteiger partial charge on any atom is 0.248 e. The zero-order valence-electron chi connectivity index (χ0n) is 19.0. The lowest BCUT2D eigenvalue weighted by molar-refractivity contribution is -0.111. The fourth-order valence-electron chi connectivity index (χ4n) is 3.74. The van der Waals surface area contributed by atoms with Crippen LogP contribution < -0.4 is 14.8 Å². The molecule has 0 spiro atoms. The molecule has 0 atom stereocenters. The molecule has 5 nitrogen and oxygen atoms in total. The van der Waals surface area contributed by atoms with Gasteiger partial charge in [0, 0.05) is 33.6 Å². The summed E-state index contributed by atoms with van der Waals surface area (Å²) in [6, 6.07) is 19.4. The number of benzene rings is 3. The average molecular weight is 460 g/mol. The van der Waals surface area contributed by atoms with Crippen LogP contribution in [0.3, 0.4) is 0 Å². The Morgan fingerprint density at radius 2 is 1.85 bits per heavy atom. The second kappa shape index (κ2) is 9.88. The van der Waals surface area contributed by atoms with E-state index in [0.29, 0.717) is 11.3 Å². The Morgan fingerprint density at radius 1 is 1.03 bits per heavy atom. The molecular weight excluding hydrogens is 434 g/mol. The van der Waals surface area contributed by atoms with E-state index in [1.807, 2.05) is 73.8 Å². The molecule has 6 heteroatoms. The molecule has 0 unspecified atom stereocenters. The summed E-state index contributed by atoms with van der Waals surface area (Å²) in [5.74, 6) is 1.21. The van der Waals surface area contributed by atoms with Crippen molar-refractivity contribution in [2.75, 3.05) is 25.8 Å². The van der Waals surface area contributed by atoms with Crippen molar-refractivity contribution in [2.45, 2.75) is 11.8 Å². The Kier molecular flexibility index (Phi) is 6.75. The van der Waals surface area contributed by atoms with Crippen molar-refractivity contribution in [1.29, 1.82) is 0 Å². The first-order chi connectivity index (χ1) is 16.0. The van der Waals surface area contributed by atoms with E-state index in [4.69, 9.17) is 13.9 Å². The highest BCUT2D eigenvalue weighted by atomic mass is 32.2. The number of para-hydroxylation sites is 1. The fraction of sp³-hybridized carbons (Fsp3) is 0.148. The molecule has 168 valence electrons. The molecule has 0 aliphatic carbocycles. The minimum Gasteiger partial charge on any atom is -0.497 e. The largest absolute Gasteiger partial charge is 0.497 e. The van der Waals surface area contributed by atoms with Crippen LogP contribution in [0.25, 0.3) is 27.7 Å². The summed E-state index contributed by atoms with van der Waals surface area (Å²) in [5, 5.41) is 3.90. The number of thioether (sulfide) groups is 1. The number of hydrogen-bond acceptors (Lipinski definition) is 5. The van der Waals surface area contributed by atoms with Crippen molar-refractivity contribution in [1.82, 2.24) is 0 Å². The molecule has 33 heavy (non-hydrogen) atoms. The third-order valence-corrected chi connectivity index (χ3v) is 6.21. The molecular formula is C27H25NO4S. The Balaban J connectivity index is 1.72. The topological polar surface area (TPSA) is 60.7 Å². The van der Waals surface area contributed by atoms with Gasteiger partial charge in [-0.25, -0.2) is 0 Å². The molecule has 1 amide bonds. The van der Waals surface area contributed by atoms with Crippen LogP contribution in [0.2, 0.25) is 0 Å². The summed E-state index contributed by atoms with van der Waals surface area (Å²) in [7, 11) is 3.25. The number of rotatable bonds is 7. The number of methoxy groups -OCH3 is 2. The van der Waals surface area contributed by atoms with Crippen molar-refractivity contribution >= 4 is 39.9 Å². The van der Waals surface area contributed by atoms with Gasteiger partial charge in [-0.2, -0.15) is 0 Å². The fourth-order valence-corrected chi connectivity index (χ4v) is 4.29. The third-order valence-electron chi connectivity index (χ3n) is 5.41. The number of hydrogen-bond donors (Lipinski definition) is 1. The van der Waals surface area contributed by atoms with E-state index in [2.05, 4.69) is 5.32 Å². The van der Waals surface area contributed by atoms with Gasteiger partial charge >= 0.3 is 0 Å². The van der Waals surface area contributed by atoms with E-state index < -0.39 is 0 Å². The molecule has 1 aromatic heterocycles. The monoisotopic (exact) mass is 459 g/mol. The number of nitrogens with one attached hydrogen (secondary N) is 1. The molecule has 3 aromatic carbocycles. The standard InChI is InChI=1S/C27H25NO4S/c1-17(12-27(29)28-23-10-5-6-11-26(23)33-4)20-14-21-22(16-32-25(21)15-24(20)31-3)18-8-7-9-19(13-18)30-2/h5-16H,1-4H3,(H,28,29)/b17-12+. The van der Waals surface area contributed by atoms with E-state index in [1.165, 1.54) is 0 Å². The van der Waals surface area contributed by atoms with Crippen molar-refractivity contribution in [3.8, 4) is 22.6 Å². The number of amides is 1. The van der Waals surface area contributed by atoms with Gasteiger partial charge in [0.05, 0.1) is 26.2 Å². The number of allylic oxidation sites excluding steroid dienone is 1. The second-order valence-electron chi connectivity index (χ2n) is 7.45. The van der Waals surface area contributed by atoms with Gasteiger partial charge in [0.2, 0.25) is 5.91 Å². The van der Waals surface area contributed by atoms with Crippen molar-refractivity contribution in [3.63, 3.8) is 0 Å². The Labute approximate surface area is 197 Å². The zero-order valence-corrected chi connectivity index (χ0v) is 19.8. The predicted octanol–water partition coefficient (Wildman–Crippen LogP) is 6.88. The van der Waals surface area contributed by atoms with Crippen LogP contribution in [0.15, 0.2) is 82.3 Å². The lowest BCUT2D eigenvalue weighted by Gasteiger charge is -2.11. The molecule has 4 rings (SSSR count). The zero-order chi connectivity index (χ0) is 23.4. The summed E-state index contributed by atoms with van der Waals surface area (Å²) >= 11 is 1.59. The highest BCUT2D eigenvalue weighted by molar-refractivity contribution is 7.98. The molecule has 0 radical (unpaired) electrons. The van der Waals surface area contributed by atoms with Gasteiger partial charge in [0.15, 0.2) is 0 Å². The maximum absolute atomic E-state index is 12.8. The number of anilines is 1. The van der Waals surface area contributed by atoms with Crippen molar-refractivity contribution < 1.29 is 18.7 Å². The minimum absolute atomic E-state index is 0.198. The molecule has 1 N–H and O–H groups in total. The molecule has 0 aliphatic rings. The minimum atomic E-state index is -0.198. The van der Waals surface area contributed by atoms with Gasteiger partial charge in [0.25, 0.3) is 0 Å². The number of furan rings is 1. The first kappa shape index (κ1) is 22.6. The maximum atomic E-state index is 12.8. The summed E-state index contributed by atoms with van der Waals surface area (Å²) < 4.78 is 16.8. The number of carbonyl (C=O) groups is 1. The Bertz CT molecular complexity index is 1340. The highest BCUT2D eigenvalue weighted by Gasteiger charge is 2.15. The van der Waals surface area contributed by atoms with E-state index in [9.17, 15) is 4.79 Å². The SMILES string of the molecule is COc1cccc(-c2coc3cc(OC)c(/C(C)=C/C(=O)Nc4ccccc4SC)cc23)c1. The van der Waals surface area contributed by atoms with Gasteiger partial charge in [-0.3, -0.25) is 4.79 Å². The molecule has 4 aromatic rings. The van der Waals surface area contributed by atoms with E-state index in [1.54, 1.807) is 38.3 Å². The Hall–Kier alpha value is -3.64. The first-order valence-corrected chi connectivity index (χ1v) is 11.6. The predicted molar refractivity (Wildman–Crippen MR) is 135 cm³/mol. The summed E-state index contributed by atoms with van der Waals surface area (Å²) in [4.78, 5) is 13.8. The molecule has 0 bridgehead atoms. The molecule has 0 fully saturated rings. The molecule has 0 saturated carbocycles. The van der Waals surface area contributed by atoms with Crippen LogP contribution in [0, 0.1) is 0 Å².